The van der Waals surface area contributed by atoms with Crippen molar-refractivity contribution in [2.75, 3.05) is 67.6 Å². The lowest BCUT2D eigenvalue weighted by Gasteiger charge is -2.30. The summed E-state index contributed by atoms with van der Waals surface area (Å²) in [6, 6.07) is 26.2. The first-order chi connectivity index (χ1) is 24.2. The fraction of sp³-hybridized carbons (Fsp3) is 0.565. The predicted octanol–water partition coefficient (Wildman–Crippen LogP) is 6.08. The molecule has 0 atom stereocenters. The van der Waals surface area contributed by atoms with Gasteiger partial charge in [-0.2, -0.15) is 0 Å². The molecular weight excluding hydrogens is 772 g/mol. The lowest BCUT2D eigenvalue weighted by molar-refractivity contribution is -0.890. The fourth-order valence-electron chi connectivity index (χ4n) is 7.47. The largest absolute Gasteiger partial charge is 1.00 e. The third-order valence-corrected chi connectivity index (χ3v) is 10.6. The molecule has 0 radical (unpaired) electrons. The Balaban J connectivity index is 0.00000468. The number of quaternary nitrogens is 2. The molecule has 0 saturated heterocycles. The van der Waals surface area contributed by atoms with Crippen molar-refractivity contribution < 1.29 is 52.4 Å². The van der Waals surface area contributed by atoms with Gasteiger partial charge in [0.05, 0.1) is 67.6 Å². The number of rotatable bonds is 25. The number of hydrogen-bond donors (Lipinski definition) is 0. The van der Waals surface area contributed by atoms with Gasteiger partial charge >= 0.3 is 0 Å². The molecule has 0 fully saturated rings. The van der Waals surface area contributed by atoms with Crippen LogP contribution in [0.1, 0.15) is 104 Å². The van der Waals surface area contributed by atoms with E-state index in [4.69, 9.17) is 9.47 Å². The molecule has 0 aromatic heterocycles. The van der Waals surface area contributed by atoms with E-state index in [0.717, 1.165) is 57.5 Å². The van der Waals surface area contributed by atoms with Gasteiger partial charge in [-0.05, 0) is 59.4 Å². The second-order valence-electron chi connectivity index (χ2n) is 16.0. The zero-order valence-electron chi connectivity index (χ0n) is 33.5. The highest BCUT2D eigenvalue weighted by Gasteiger charge is 2.21. The minimum atomic E-state index is 0. The normalized spacial score (nSPS) is 11.7. The van der Waals surface area contributed by atoms with Gasteiger partial charge in [0.2, 0.25) is 0 Å². The fourth-order valence-corrected chi connectivity index (χ4v) is 7.47. The van der Waals surface area contributed by atoms with Crippen LogP contribution in [-0.4, -0.2) is 76.5 Å². The molecule has 0 amide bonds. The zero-order chi connectivity index (χ0) is 35.7. The molecule has 0 heterocycles. The van der Waals surface area contributed by atoms with E-state index >= 15 is 0 Å². The van der Waals surface area contributed by atoms with Crippen molar-refractivity contribution in [1.82, 2.24) is 0 Å². The van der Waals surface area contributed by atoms with Crippen LogP contribution < -0.4 is 43.4 Å². The number of nitrogens with zero attached hydrogens (tertiary/aromatic N) is 2. The second-order valence-corrected chi connectivity index (χ2v) is 16.0. The summed E-state index contributed by atoms with van der Waals surface area (Å²) in [6.45, 7) is 10.7. The minimum Gasteiger partial charge on any atom is -1.00 e. The molecule has 0 spiro atoms. The minimum absolute atomic E-state index is 0. The number of hydrogen-bond acceptors (Lipinski definition) is 2. The summed E-state index contributed by atoms with van der Waals surface area (Å²) in [5.74, 6) is 1.89. The van der Waals surface area contributed by atoms with E-state index in [1.807, 2.05) is 0 Å². The van der Waals surface area contributed by atoms with Crippen LogP contribution in [0.25, 0.3) is 32.7 Å². The van der Waals surface area contributed by atoms with Crippen molar-refractivity contribution in [1.29, 1.82) is 0 Å². The SMILES string of the molecule is CCCCCCCC[N+](C)(C)CCCOc1ccc2ccccc2c1-c1c(OCCC[N+](C)(C)CCCCCCCC)ccc2ccccc12.[Br-].[Br-]. The molecule has 0 saturated carbocycles. The summed E-state index contributed by atoms with van der Waals surface area (Å²) >= 11 is 0. The smallest absolute Gasteiger partial charge is 0.127 e. The van der Waals surface area contributed by atoms with Gasteiger partial charge in [0.15, 0.2) is 0 Å². The number of unbranched alkanes of at least 4 members (excludes halogenated alkanes) is 10. The molecule has 6 heteroatoms. The predicted molar refractivity (Wildman–Crippen MR) is 218 cm³/mol. The average Bonchev–Trinajstić information content (AvgIpc) is 3.11. The molecule has 4 aromatic carbocycles. The first-order valence-electron chi connectivity index (χ1n) is 20.2. The van der Waals surface area contributed by atoms with Crippen molar-refractivity contribution in [3.63, 3.8) is 0 Å². The molecule has 0 N–H and O–H groups in total. The third kappa shape index (κ3) is 15.0. The average molecular weight is 843 g/mol. The van der Waals surface area contributed by atoms with Crippen molar-refractivity contribution >= 4 is 21.5 Å². The lowest BCUT2D eigenvalue weighted by atomic mass is 9.92. The van der Waals surface area contributed by atoms with Crippen LogP contribution in [0.5, 0.6) is 11.5 Å². The Kier molecular flexibility index (Phi) is 21.5. The molecule has 0 aliphatic rings. The number of benzene rings is 4. The van der Waals surface area contributed by atoms with E-state index in [0.29, 0.717) is 13.2 Å². The Morgan fingerprint density at radius 3 is 1.15 bits per heavy atom. The maximum Gasteiger partial charge on any atom is 0.127 e. The molecular formula is C46H70Br2N2O2. The summed E-state index contributed by atoms with van der Waals surface area (Å²) in [5.41, 5.74) is 2.30. The van der Waals surface area contributed by atoms with Crippen molar-refractivity contribution in [3.8, 4) is 22.6 Å². The maximum atomic E-state index is 6.74. The maximum absolute atomic E-state index is 6.74. The Bertz CT molecular complexity index is 1450. The number of halogens is 2. The monoisotopic (exact) mass is 840 g/mol. The number of ether oxygens (including phenoxy) is 2. The van der Waals surface area contributed by atoms with E-state index in [2.05, 4.69) is 115 Å². The number of fused-ring (bicyclic) bond motifs is 2. The second kappa shape index (κ2) is 24.3. The molecule has 4 nitrogen and oxygen atoms in total. The molecule has 4 aromatic rings. The summed E-state index contributed by atoms with van der Waals surface area (Å²) in [5, 5.41) is 4.86. The topological polar surface area (TPSA) is 18.5 Å². The Labute approximate surface area is 339 Å². The van der Waals surface area contributed by atoms with Crippen molar-refractivity contribution in [3.05, 3.63) is 72.8 Å². The Hall–Kier alpha value is -2.12. The van der Waals surface area contributed by atoms with Gasteiger partial charge in [0, 0.05) is 24.0 Å². The van der Waals surface area contributed by atoms with Crippen LogP contribution in [0.4, 0.5) is 0 Å². The van der Waals surface area contributed by atoms with Crippen molar-refractivity contribution in [2.45, 2.75) is 104 Å². The van der Waals surface area contributed by atoms with Gasteiger partial charge in [-0.25, -0.2) is 0 Å². The van der Waals surface area contributed by atoms with Crippen LogP contribution in [0, 0.1) is 0 Å². The lowest BCUT2D eigenvalue weighted by Crippen LogP contribution is -3.00. The highest BCUT2D eigenvalue weighted by Crippen LogP contribution is 2.45. The third-order valence-electron chi connectivity index (χ3n) is 10.6. The summed E-state index contributed by atoms with van der Waals surface area (Å²) < 4.78 is 15.6. The molecule has 0 bridgehead atoms. The summed E-state index contributed by atoms with van der Waals surface area (Å²) in [4.78, 5) is 0. The quantitative estimate of drug-likeness (QED) is 0.0596. The van der Waals surface area contributed by atoms with E-state index < -0.39 is 0 Å². The molecule has 290 valence electrons. The van der Waals surface area contributed by atoms with E-state index in [1.165, 1.54) is 112 Å². The molecule has 4 rings (SSSR count). The molecule has 0 aliphatic heterocycles. The van der Waals surface area contributed by atoms with Crippen LogP contribution in [-0.2, 0) is 0 Å². The first-order valence-corrected chi connectivity index (χ1v) is 20.2. The Morgan fingerprint density at radius 1 is 0.404 bits per heavy atom. The van der Waals surface area contributed by atoms with E-state index in [1.54, 1.807) is 0 Å². The standard InChI is InChI=1S/C46H70N2O2.2BrH/c1-7-9-11-13-15-21-33-47(3,4)35-23-37-49-43-31-29-39-25-17-19-27-41(39)45(43)46-42-28-20-18-26-40(42)30-32-44(46)50-38-24-36-48(5,6)34-22-16-14-12-10-8-2;;/h17-20,25-32H,7-16,21-24,33-38H2,1-6H3;2*1H/q+2;;/p-2. The Morgan fingerprint density at radius 2 is 0.750 bits per heavy atom. The van der Waals surface area contributed by atoms with Crippen LogP contribution in [0.2, 0.25) is 0 Å². The summed E-state index contributed by atoms with van der Waals surface area (Å²) in [6.07, 6.45) is 18.3. The molecule has 0 aliphatic carbocycles. The van der Waals surface area contributed by atoms with Crippen LogP contribution >= 0.6 is 0 Å². The van der Waals surface area contributed by atoms with E-state index in [-0.39, 0.29) is 34.0 Å². The highest BCUT2D eigenvalue weighted by atomic mass is 79.9. The van der Waals surface area contributed by atoms with Gasteiger partial charge in [0.1, 0.15) is 11.5 Å². The molecule has 0 unspecified atom stereocenters. The van der Waals surface area contributed by atoms with Crippen LogP contribution in [0.15, 0.2) is 72.8 Å². The highest BCUT2D eigenvalue weighted by molar-refractivity contribution is 6.09. The summed E-state index contributed by atoms with van der Waals surface area (Å²) in [7, 11) is 9.51. The van der Waals surface area contributed by atoms with Crippen LogP contribution in [0.3, 0.4) is 0 Å². The first kappa shape index (κ1) is 46.0. The van der Waals surface area contributed by atoms with Gasteiger partial charge in [-0.15, -0.1) is 0 Å². The van der Waals surface area contributed by atoms with E-state index in [9.17, 15) is 0 Å². The van der Waals surface area contributed by atoms with Gasteiger partial charge in [-0.3, -0.25) is 0 Å². The van der Waals surface area contributed by atoms with Gasteiger partial charge < -0.3 is 52.4 Å². The zero-order valence-corrected chi connectivity index (χ0v) is 36.7. The van der Waals surface area contributed by atoms with Crippen molar-refractivity contribution in [2.24, 2.45) is 0 Å². The molecule has 52 heavy (non-hydrogen) atoms. The van der Waals surface area contributed by atoms with Gasteiger partial charge in [0.25, 0.3) is 0 Å². The van der Waals surface area contributed by atoms with Gasteiger partial charge in [-0.1, -0.05) is 126 Å².